The number of hydrogen-bond donors (Lipinski definition) is 4. The van der Waals surface area contributed by atoms with Gasteiger partial charge in [0.05, 0.1) is 24.9 Å². The van der Waals surface area contributed by atoms with Crippen LogP contribution in [0.4, 0.5) is 0 Å². The van der Waals surface area contributed by atoms with Crippen molar-refractivity contribution in [3.63, 3.8) is 0 Å². The lowest BCUT2D eigenvalue weighted by Gasteiger charge is -2.33. The van der Waals surface area contributed by atoms with Gasteiger partial charge >= 0.3 is 0 Å². The van der Waals surface area contributed by atoms with E-state index in [1.165, 1.54) is 30.1 Å². The highest BCUT2D eigenvalue weighted by Gasteiger charge is 2.56. The molecule has 1 saturated heterocycles. The molecule has 0 bridgehead atoms. The maximum Gasteiger partial charge on any atom is 0.260 e. The topological polar surface area (TPSA) is 121 Å². The van der Waals surface area contributed by atoms with Crippen LogP contribution in [0.15, 0.2) is 23.4 Å². The number of aromatic amines is 1. The smallest absolute Gasteiger partial charge is 0.260 e. The first-order valence-electron chi connectivity index (χ1n) is 6.13. The normalized spacial score (nSPS) is 33.9. The summed E-state index contributed by atoms with van der Waals surface area (Å²) in [6.45, 7) is 0.709. The Bertz CT molecular complexity index is 706. The minimum Gasteiger partial charge on any atom is -0.391 e. The van der Waals surface area contributed by atoms with Crippen LogP contribution in [0.5, 0.6) is 0 Å². The molecule has 8 nitrogen and oxygen atoms in total. The van der Waals surface area contributed by atoms with Crippen molar-refractivity contribution in [3.05, 3.63) is 28.9 Å². The van der Waals surface area contributed by atoms with Crippen LogP contribution in [0, 0.1) is 0 Å². The van der Waals surface area contributed by atoms with Gasteiger partial charge in [-0.25, -0.2) is 4.98 Å². The molecule has 0 spiro atoms. The molecule has 0 aromatic carbocycles. The SMILES string of the molecule is C[C@]1(O)CO[C@](CO)(n2ccc3c(=O)[nH]cnc32)[C@H]1O. The number of aliphatic hydroxyl groups excluding tert-OH is 2. The van der Waals surface area contributed by atoms with Gasteiger partial charge in [-0.15, -0.1) is 0 Å². The third kappa shape index (κ3) is 1.56. The van der Waals surface area contributed by atoms with Crippen LogP contribution in [-0.2, 0) is 10.5 Å². The average Bonchev–Trinajstić information content (AvgIpc) is 2.94. The predicted octanol–water partition coefficient (Wildman–Crippen LogP) is -1.49. The summed E-state index contributed by atoms with van der Waals surface area (Å²) in [4.78, 5) is 18.2. The average molecular weight is 281 g/mol. The summed E-state index contributed by atoms with van der Waals surface area (Å²) in [5, 5.41) is 30.4. The number of nitrogens with one attached hydrogen (secondary N) is 1. The fourth-order valence-electron chi connectivity index (χ4n) is 2.59. The van der Waals surface area contributed by atoms with E-state index < -0.39 is 24.0 Å². The summed E-state index contributed by atoms with van der Waals surface area (Å²) < 4.78 is 6.85. The molecular weight excluding hydrogens is 266 g/mol. The van der Waals surface area contributed by atoms with E-state index in [1.54, 1.807) is 0 Å². The van der Waals surface area contributed by atoms with Crippen LogP contribution >= 0.6 is 0 Å². The number of ether oxygens (including phenoxy) is 1. The second-order valence-electron chi connectivity index (χ2n) is 5.21. The molecule has 0 saturated carbocycles. The highest BCUT2D eigenvalue weighted by Crippen LogP contribution is 2.38. The Morgan fingerprint density at radius 1 is 1.65 bits per heavy atom. The lowest BCUT2D eigenvalue weighted by Crippen LogP contribution is -2.52. The summed E-state index contributed by atoms with van der Waals surface area (Å²) >= 11 is 0. The van der Waals surface area contributed by atoms with Gasteiger partial charge in [0.1, 0.15) is 17.4 Å². The number of nitrogens with zero attached hydrogens (tertiary/aromatic N) is 2. The van der Waals surface area contributed by atoms with Gasteiger partial charge in [-0.1, -0.05) is 0 Å². The van der Waals surface area contributed by atoms with E-state index >= 15 is 0 Å². The maximum atomic E-state index is 11.7. The lowest BCUT2D eigenvalue weighted by atomic mass is 9.95. The zero-order chi connectivity index (χ0) is 14.5. The van der Waals surface area contributed by atoms with E-state index in [9.17, 15) is 20.1 Å². The van der Waals surface area contributed by atoms with Crippen LogP contribution in [0.25, 0.3) is 11.0 Å². The van der Waals surface area contributed by atoms with E-state index in [4.69, 9.17) is 4.74 Å². The molecular formula is C12H15N3O5. The number of H-pyrrole nitrogens is 1. The molecule has 2 aromatic rings. The fourth-order valence-corrected chi connectivity index (χ4v) is 2.59. The summed E-state index contributed by atoms with van der Waals surface area (Å²) in [7, 11) is 0. The molecule has 3 atom stereocenters. The molecule has 0 unspecified atom stereocenters. The quantitative estimate of drug-likeness (QED) is 0.532. The number of fused-ring (bicyclic) bond motifs is 1. The van der Waals surface area contributed by atoms with Crippen molar-refractivity contribution < 1.29 is 20.1 Å². The van der Waals surface area contributed by atoms with Crippen molar-refractivity contribution in [3.8, 4) is 0 Å². The molecule has 1 aliphatic rings. The minimum atomic E-state index is -1.56. The van der Waals surface area contributed by atoms with Crippen molar-refractivity contribution in [2.45, 2.75) is 24.4 Å². The molecule has 2 aromatic heterocycles. The summed E-state index contributed by atoms with van der Waals surface area (Å²) in [5.41, 5.74) is -3.13. The van der Waals surface area contributed by atoms with Crippen molar-refractivity contribution in [2.75, 3.05) is 13.2 Å². The van der Waals surface area contributed by atoms with Crippen LogP contribution < -0.4 is 5.56 Å². The summed E-state index contributed by atoms with van der Waals surface area (Å²) in [6.07, 6.45) is 1.36. The zero-order valence-corrected chi connectivity index (χ0v) is 10.8. The molecule has 8 heteroatoms. The van der Waals surface area contributed by atoms with Gasteiger partial charge in [-0.3, -0.25) is 9.36 Å². The predicted molar refractivity (Wildman–Crippen MR) is 68.0 cm³/mol. The Hall–Kier alpha value is -1.74. The van der Waals surface area contributed by atoms with E-state index in [0.717, 1.165) is 0 Å². The molecule has 3 rings (SSSR count). The molecule has 0 amide bonds. The number of aliphatic hydroxyl groups is 3. The van der Waals surface area contributed by atoms with E-state index in [2.05, 4.69) is 9.97 Å². The number of aromatic nitrogens is 3. The third-order valence-electron chi connectivity index (χ3n) is 3.75. The Kier molecular flexibility index (Phi) is 2.73. The maximum absolute atomic E-state index is 11.7. The third-order valence-corrected chi connectivity index (χ3v) is 3.75. The van der Waals surface area contributed by atoms with Crippen molar-refractivity contribution in [2.24, 2.45) is 0 Å². The van der Waals surface area contributed by atoms with E-state index in [0.29, 0.717) is 5.39 Å². The first-order chi connectivity index (χ1) is 9.42. The number of rotatable bonds is 2. The molecule has 3 heterocycles. The standard InChI is InChI=1S/C12H15N3O5/c1-11(19)5-20-12(4-16,10(11)18)15-3-2-7-8(15)13-6-14-9(7)17/h2-3,6,10,16,18-19H,4-5H2,1H3,(H,13,14,17)/t10-,11-,12-/m0/s1. The largest absolute Gasteiger partial charge is 0.391 e. The second kappa shape index (κ2) is 4.13. The highest BCUT2D eigenvalue weighted by molar-refractivity contribution is 5.75. The fraction of sp³-hybridized carbons (Fsp3) is 0.500. The van der Waals surface area contributed by atoms with Crippen molar-refractivity contribution >= 4 is 11.0 Å². The van der Waals surface area contributed by atoms with Crippen LogP contribution in [-0.4, -0.2) is 54.8 Å². The lowest BCUT2D eigenvalue weighted by molar-refractivity contribution is -0.154. The molecule has 1 fully saturated rings. The molecule has 108 valence electrons. The van der Waals surface area contributed by atoms with Gasteiger partial charge in [-0.2, -0.15) is 0 Å². The zero-order valence-electron chi connectivity index (χ0n) is 10.8. The summed E-state index contributed by atoms with van der Waals surface area (Å²) in [6, 6.07) is 1.52. The van der Waals surface area contributed by atoms with Gasteiger partial charge < -0.3 is 25.0 Å². The molecule has 0 radical (unpaired) electrons. The Balaban J connectivity index is 2.23. The van der Waals surface area contributed by atoms with Gasteiger partial charge in [0.25, 0.3) is 5.56 Å². The summed E-state index contributed by atoms with van der Waals surface area (Å²) in [5.74, 6) is 0. The highest BCUT2D eigenvalue weighted by atomic mass is 16.6. The first kappa shape index (κ1) is 13.3. The molecule has 20 heavy (non-hydrogen) atoms. The Morgan fingerprint density at radius 3 is 3.00 bits per heavy atom. The second-order valence-corrected chi connectivity index (χ2v) is 5.21. The van der Waals surface area contributed by atoms with Crippen LogP contribution in [0.3, 0.4) is 0 Å². The van der Waals surface area contributed by atoms with Crippen LogP contribution in [0.2, 0.25) is 0 Å². The Morgan fingerprint density at radius 2 is 2.40 bits per heavy atom. The monoisotopic (exact) mass is 281 g/mol. The van der Waals surface area contributed by atoms with Crippen molar-refractivity contribution in [1.29, 1.82) is 0 Å². The van der Waals surface area contributed by atoms with Gasteiger partial charge in [0, 0.05) is 6.20 Å². The van der Waals surface area contributed by atoms with Gasteiger partial charge in [0.2, 0.25) is 0 Å². The molecule has 4 N–H and O–H groups in total. The molecule has 1 aliphatic heterocycles. The molecule has 0 aliphatic carbocycles. The minimum absolute atomic E-state index is 0.141. The first-order valence-corrected chi connectivity index (χ1v) is 6.13. The van der Waals surface area contributed by atoms with Gasteiger partial charge in [-0.05, 0) is 13.0 Å². The van der Waals surface area contributed by atoms with Gasteiger partial charge in [0.15, 0.2) is 5.72 Å². The Labute approximate surface area is 113 Å². The van der Waals surface area contributed by atoms with E-state index in [-0.39, 0.29) is 17.8 Å². The van der Waals surface area contributed by atoms with E-state index in [1.807, 2.05) is 0 Å². The van der Waals surface area contributed by atoms with Crippen molar-refractivity contribution in [1.82, 2.24) is 14.5 Å². The van der Waals surface area contributed by atoms with Crippen LogP contribution in [0.1, 0.15) is 6.92 Å². The number of hydrogen-bond acceptors (Lipinski definition) is 6.